The molecule has 0 aromatic heterocycles. The van der Waals surface area contributed by atoms with Crippen molar-refractivity contribution >= 4 is 5.78 Å². The molecule has 18 heavy (non-hydrogen) atoms. The summed E-state index contributed by atoms with van der Waals surface area (Å²) >= 11 is 0. The predicted octanol–water partition coefficient (Wildman–Crippen LogP) is 1.18. The molecule has 0 bridgehead atoms. The highest BCUT2D eigenvalue weighted by Gasteiger charge is 2.72. The molecule has 3 fully saturated rings. The number of hydrogen-bond acceptors (Lipinski definition) is 4. The number of Topliss-reactive ketones (excluding diaryl/α,β-unsaturated/α-hetero) is 1. The highest BCUT2D eigenvalue weighted by Crippen LogP contribution is 2.68. The summed E-state index contributed by atoms with van der Waals surface area (Å²) in [5.41, 5.74) is 1.78. The van der Waals surface area contributed by atoms with E-state index >= 15 is 0 Å². The average molecular weight is 250 g/mol. The van der Waals surface area contributed by atoms with Gasteiger partial charge in [0.15, 0.2) is 5.78 Å². The number of carbonyl (C=O) groups is 1. The van der Waals surface area contributed by atoms with Crippen molar-refractivity contribution in [3.63, 3.8) is 0 Å². The summed E-state index contributed by atoms with van der Waals surface area (Å²) in [7, 11) is 0. The van der Waals surface area contributed by atoms with Crippen molar-refractivity contribution in [2.75, 3.05) is 13.2 Å². The Bertz CT molecular complexity index is 454. The second kappa shape index (κ2) is 3.24. The van der Waals surface area contributed by atoms with Crippen molar-refractivity contribution < 1.29 is 19.4 Å². The highest BCUT2D eigenvalue weighted by atomic mass is 16.7. The molecule has 0 amide bonds. The number of hydrogen-bond donors (Lipinski definition) is 1. The summed E-state index contributed by atoms with van der Waals surface area (Å²) in [6.07, 6.45) is 2.52. The van der Waals surface area contributed by atoms with Gasteiger partial charge in [-0.1, -0.05) is 5.57 Å². The number of carbonyl (C=O) groups excluding carboxylic acids is 1. The van der Waals surface area contributed by atoms with E-state index in [9.17, 15) is 9.90 Å². The van der Waals surface area contributed by atoms with E-state index in [2.05, 4.69) is 0 Å². The maximum atomic E-state index is 12.0. The van der Waals surface area contributed by atoms with Crippen LogP contribution in [-0.2, 0) is 14.3 Å². The van der Waals surface area contributed by atoms with Crippen LogP contribution in [0.3, 0.4) is 0 Å². The molecule has 0 radical (unpaired) electrons. The standard InChI is InChI=1S/C14H18O4/c1-8-11-9(2-3-10(11)15)12(16)14(13(8)4-5-13)17-6-7-18-14/h9,12,16H,2-7H2,1H3/t9-,12-/m0/s1. The number of ketones is 1. The van der Waals surface area contributed by atoms with Crippen molar-refractivity contribution in [1.29, 1.82) is 0 Å². The van der Waals surface area contributed by atoms with Crippen LogP contribution >= 0.6 is 0 Å². The minimum Gasteiger partial charge on any atom is -0.387 e. The summed E-state index contributed by atoms with van der Waals surface area (Å²) in [5, 5.41) is 10.7. The number of fused-ring (bicyclic) bond motifs is 2. The quantitative estimate of drug-likeness (QED) is 0.701. The van der Waals surface area contributed by atoms with Gasteiger partial charge in [0, 0.05) is 23.3 Å². The molecule has 4 aliphatic rings. The van der Waals surface area contributed by atoms with Crippen LogP contribution in [0.15, 0.2) is 11.1 Å². The SMILES string of the molecule is CC1=C2C(=O)CC[C@@H]2[C@H](O)C2(OCCO2)C12CC2. The first-order valence-electron chi connectivity index (χ1n) is 6.83. The Kier molecular flexibility index (Phi) is 2.01. The van der Waals surface area contributed by atoms with Gasteiger partial charge in [0.25, 0.3) is 0 Å². The lowest BCUT2D eigenvalue weighted by Gasteiger charge is -2.47. The molecule has 2 saturated carbocycles. The van der Waals surface area contributed by atoms with E-state index in [1.165, 1.54) is 0 Å². The Hall–Kier alpha value is -0.710. The molecule has 1 N–H and O–H groups in total. The zero-order valence-corrected chi connectivity index (χ0v) is 10.6. The first-order chi connectivity index (χ1) is 8.62. The Balaban J connectivity index is 1.91. The van der Waals surface area contributed by atoms with Crippen LogP contribution in [0.1, 0.15) is 32.6 Å². The lowest BCUT2D eigenvalue weighted by molar-refractivity contribution is -0.267. The Morgan fingerprint density at radius 3 is 2.56 bits per heavy atom. The summed E-state index contributed by atoms with van der Waals surface area (Å²) in [5.74, 6) is -0.729. The maximum Gasteiger partial charge on any atom is 0.204 e. The molecule has 98 valence electrons. The van der Waals surface area contributed by atoms with Gasteiger partial charge in [-0.05, 0) is 26.2 Å². The van der Waals surface area contributed by atoms with Crippen LogP contribution in [-0.4, -0.2) is 36.0 Å². The fourth-order valence-electron chi connectivity index (χ4n) is 4.37. The molecule has 0 aromatic carbocycles. The monoisotopic (exact) mass is 250 g/mol. The van der Waals surface area contributed by atoms with E-state index in [0.29, 0.717) is 19.6 Å². The van der Waals surface area contributed by atoms with Gasteiger partial charge in [0.2, 0.25) is 5.79 Å². The van der Waals surface area contributed by atoms with Gasteiger partial charge in [0.1, 0.15) is 6.10 Å². The molecule has 1 aliphatic heterocycles. The Morgan fingerprint density at radius 1 is 1.28 bits per heavy atom. The zero-order chi connectivity index (χ0) is 12.5. The highest BCUT2D eigenvalue weighted by molar-refractivity contribution is 5.99. The molecule has 2 spiro atoms. The van der Waals surface area contributed by atoms with Gasteiger partial charge in [-0.3, -0.25) is 4.79 Å². The second-order valence-corrected chi connectivity index (χ2v) is 6.00. The lowest BCUT2D eigenvalue weighted by Crippen LogP contribution is -2.57. The van der Waals surface area contributed by atoms with Crippen molar-refractivity contribution in [2.24, 2.45) is 11.3 Å². The summed E-state index contributed by atoms with van der Waals surface area (Å²) < 4.78 is 11.7. The van der Waals surface area contributed by atoms with Crippen molar-refractivity contribution in [3.8, 4) is 0 Å². The first kappa shape index (κ1) is 11.1. The van der Waals surface area contributed by atoms with Gasteiger partial charge in [-0.2, -0.15) is 0 Å². The summed E-state index contributed by atoms with van der Waals surface area (Å²) in [6.45, 7) is 3.13. The van der Waals surface area contributed by atoms with Gasteiger partial charge < -0.3 is 14.6 Å². The van der Waals surface area contributed by atoms with Crippen LogP contribution < -0.4 is 0 Å². The molecule has 0 unspecified atom stereocenters. The first-order valence-corrected chi connectivity index (χ1v) is 6.83. The van der Waals surface area contributed by atoms with E-state index in [0.717, 1.165) is 30.4 Å². The summed E-state index contributed by atoms with van der Waals surface area (Å²) in [4.78, 5) is 12.0. The minimum atomic E-state index is -0.865. The van der Waals surface area contributed by atoms with E-state index in [4.69, 9.17) is 9.47 Å². The fraction of sp³-hybridized carbons (Fsp3) is 0.786. The molecular weight excluding hydrogens is 232 g/mol. The third kappa shape index (κ3) is 1.02. The van der Waals surface area contributed by atoms with E-state index < -0.39 is 11.9 Å². The topological polar surface area (TPSA) is 55.8 Å². The molecular formula is C14H18O4. The molecule has 1 heterocycles. The normalized spacial score (nSPS) is 39.8. The molecule has 3 aliphatic carbocycles. The van der Waals surface area contributed by atoms with E-state index in [-0.39, 0.29) is 17.1 Å². The predicted molar refractivity (Wildman–Crippen MR) is 62.7 cm³/mol. The van der Waals surface area contributed by atoms with Gasteiger partial charge >= 0.3 is 0 Å². The second-order valence-electron chi connectivity index (χ2n) is 6.00. The van der Waals surface area contributed by atoms with Gasteiger partial charge in [-0.15, -0.1) is 0 Å². The maximum absolute atomic E-state index is 12.0. The molecule has 4 heteroatoms. The smallest absolute Gasteiger partial charge is 0.204 e. The third-order valence-corrected chi connectivity index (χ3v) is 5.38. The van der Waals surface area contributed by atoms with Crippen molar-refractivity contribution in [1.82, 2.24) is 0 Å². The van der Waals surface area contributed by atoms with Crippen LogP contribution in [0, 0.1) is 11.3 Å². The van der Waals surface area contributed by atoms with E-state index in [1.807, 2.05) is 6.92 Å². The van der Waals surface area contributed by atoms with Crippen LogP contribution in [0.4, 0.5) is 0 Å². The third-order valence-electron chi connectivity index (χ3n) is 5.38. The fourth-order valence-corrected chi connectivity index (χ4v) is 4.37. The average Bonchev–Trinajstić information content (AvgIpc) is 2.85. The number of rotatable bonds is 0. The minimum absolute atomic E-state index is 0.0816. The van der Waals surface area contributed by atoms with Crippen LogP contribution in [0.25, 0.3) is 0 Å². The Labute approximate surface area is 106 Å². The lowest BCUT2D eigenvalue weighted by atomic mass is 9.69. The number of ether oxygens (including phenoxy) is 2. The van der Waals surface area contributed by atoms with Crippen molar-refractivity contribution in [3.05, 3.63) is 11.1 Å². The molecule has 2 atom stereocenters. The van der Waals surface area contributed by atoms with Gasteiger partial charge in [0.05, 0.1) is 13.2 Å². The summed E-state index contributed by atoms with van der Waals surface area (Å²) in [6, 6.07) is 0. The zero-order valence-electron chi connectivity index (χ0n) is 10.6. The largest absolute Gasteiger partial charge is 0.387 e. The Morgan fingerprint density at radius 2 is 1.94 bits per heavy atom. The van der Waals surface area contributed by atoms with E-state index in [1.54, 1.807) is 0 Å². The number of aliphatic hydroxyl groups excluding tert-OH is 1. The molecule has 4 nitrogen and oxygen atoms in total. The molecule has 4 rings (SSSR count). The molecule has 1 saturated heterocycles. The van der Waals surface area contributed by atoms with Gasteiger partial charge in [-0.25, -0.2) is 0 Å². The van der Waals surface area contributed by atoms with Crippen molar-refractivity contribution in [2.45, 2.75) is 44.5 Å². The van der Waals surface area contributed by atoms with Crippen LogP contribution in [0.2, 0.25) is 0 Å². The number of aliphatic hydroxyl groups is 1. The van der Waals surface area contributed by atoms with Crippen LogP contribution in [0.5, 0.6) is 0 Å². The molecule has 0 aromatic rings.